The molecule has 1 aromatic carbocycles. The summed E-state index contributed by atoms with van der Waals surface area (Å²) in [6.07, 6.45) is 6.51. The Morgan fingerprint density at radius 2 is 1.81 bits per heavy atom. The Morgan fingerprint density at radius 3 is 2.44 bits per heavy atom. The molecule has 86 valence electrons. The Morgan fingerprint density at radius 1 is 1.19 bits per heavy atom. The maximum absolute atomic E-state index is 10.8. The van der Waals surface area contributed by atoms with E-state index in [1.54, 1.807) is 0 Å². The normalized spacial score (nSPS) is 16.5. The molecular formula is C14H18O2. The van der Waals surface area contributed by atoms with E-state index in [9.17, 15) is 4.79 Å². The van der Waals surface area contributed by atoms with Gasteiger partial charge in [0.25, 0.3) is 0 Å². The monoisotopic (exact) mass is 218 g/mol. The first kappa shape index (κ1) is 11.2. The van der Waals surface area contributed by atoms with E-state index in [-0.39, 0.29) is 6.42 Å². The largest absolute Gasteiger partial charge is 0.481 e. The molecule has 2 heteroatoms. The van der Waals surface area contributed by atoms with Crippen molar-refractivity contribution in [2.45, 2.75) is 38.5 Å². The summed E-state index contributed by atoms with van der Waals surface area (Å²) < 4.78 is 0. The van der Waals surface area contributed by atoms with E-state index < -0.39 is 5.97 Å². The third-order valence-corrected chi connectivity index (χ3v) is 3.44. The summed E-state index contributed by atoms with van der Waals surface area (Å²) >= 11 is 0. The van der Waals surface area contributed by atoms with Crippen molar-refractivity contribution in [1.29, 1.82) is 0 Å². The number of carbonyl (C=O) groups is 1. The first-order chi connectivity index (χ1) is 7.75. The van der Waals surface area contributed by atoms with Crippen molar-refractivity contribution >= 4 is 5.97 Å². The lowest BCUT2D eigenvalue weighted by molar-refractivity contribution is -0.136. The zero-order chi connectivity index (χ0) is 11.4. The predicted octanol–water partition coefficient (Wildman–Crippen LogP) is 3.05. The second-order valence-electron chi connectivity index (χ2n) is 4.69. The van der Waals surface area contributed by atoms with Gasteiger partial charge < -0.3 is 5.11 Å². The maximum Gasteiger partial charge on any atom is 0.307 e. The molecule has 16 heavy (non-hydrogen) atoms. The van der Waals surface area contributed by atoms with Gasteiger partial charge in [-0.25, -0.2) is 0 Å². The van der Waals surface area contributed by atoms with Gasteiger partial charge in [-0.05, 0) is 23.5 Å². The summed E-state index contributed by atoms with van der Waals surface area (Å²) in [7, 11) is 0. The van der Waals surface area contributed by atoms with E-state index in [0.717, 1.165) is 17.9 Å². The SMILES string of the molecule is O=C(O)Cc1ccccc1CC1CCCC1. The lowest BCUT2D eigenvalue weighted by Crippen LogP contribution is -2.06. The summed E-state index contributed by atoms with van der Waals surface area (Å²) in [5.41, 5.74) is 2.22. The number of benzene rings is 1. The van der Waals surface area contributed by atoms with Gasteiger partial charge in [-0.3, -0.25) is 4.79 Å². The topological polar surface area (TPSA) is 37.3 Å². The van der Waals surface area contributed by atoms with Gasteiger partial charge >= 0.3 is 5.97 Å². The van der Waals surface area contributed by atoms with Crippen LogP contribution in [0.3, 0.4) is 0 Å². The van der Waals surface area contributed by atoms with Crippen molar-refractivity contribution in [3.8, 4) is 0 Å². The van der Waals surface area contributed by atoms with Crippen molar-refractivity contribution in [3.05, 3.63) is 35.4 Å². The quantitative estimate of drug-likeness (QED) is 0.843. The molecule has 1 aliphatic carbocycles. The van der Waals surface area contributed by atoms with E-state index in [0.29, 0.717) is 0 Å². The lowest BCUT2D eigenvalue weighted by Gasteiger charge is -2.12. The molecule has 0 radical (unpaired) electrons. The Labute approximate surface area is 96.3 Å². The number of hydrogen-bond donors (Lipinski definition) is 1. The minimum Gasteiger partial charge on any atom is -0.481 e. The maximum atomic E-state index is 10.8. The zero-order valence-corrected chi connectivity index (χ0v) is 9.48. The highest BCUT2D eigenvalue weighted by molar-refractivity contribution is 5.70. The minimum atomic E-state index is -0.737. The Hall–Kier alpha value is -1.31. The third kappa shape index (κ3) is 2.84. The molecule has 0 saturated heterocycles. The van der Waals surface area contributed by atoms with Crippen molar-refractivity contribution in [2.75, 3.05) is 0 Å². The molecule has 0 unspecified atom stereocenters. The van der Waals surface area contributed by atoms with Crippen LogP contribution in [0.4, 0.5) is 0 Å². The summed E-state index contributed by atoms with van der Waals surface area (Å²) in [4.78, 5) is 10.8. The van der Waals surface area contributed by atoms with Crippen LogP contribution < -0.4 is 0 Å². The zero-order valence-electron chi connectivity index (χ0n) is 9.48. The molecule has 2 rings (SSSR count). The average Bonchev–Trinajstić information content (AvgIpc) is 2.73. The molecule has 1 saturated carbocycles. The highest BCUT2D eigenvalue weighted by atomic mass is 16.4. The van der Waals surface area contributed by atoms with Crippen LogP contribution in [0.5, 0.6) is 0 Å². The van der Waals surface area contributed by atoms with Gasteiger partial charge in [-0.15, -0.1) is 0 Å². The molecule has 1 N–H and O–H groups in total. The fourth-order valence-corrected chi connectivity index (χ4v) is 2.62. The highest BCUT2D eigenvalue weighted by Crippen LogP contribution is 2.29. The average molecular weight is 218 g/mol. The van der Waals surface area contributed by atoms with Gasteiger partial charge in [0, 0.05) is 0 Å². The van der Waals surface area contributed by atoms with Crippen LogP contribution in [-0.2, 0) is 17.6 Å². The van der Waals surface area contributed by atoms with Gasteiger partial charge in [0.05, 0.1) is 6.42 Å². The van der Waals surface area contributed by atoms with E-state index in [1.807, 2.05) is 18.2 Å². The standard InChI is InChI=1S/C14H18O2/c15-14(16)10-13-8-4-3-7-12(13)9-11-5-1-2-6-11/h3-4,7-8,11H,1-2,5-6,9-10H2,(H,15,16). The van der Waals surface area contributed by atoms with Gasteiger partial charge in [0.15, 0.2) is 0 Å². The molecule has 0 bridgehead atoms. The van der Waals surface area contributed by atoms with Gasteiger partial charge in [0.2, 0.25) is 0 Å². The van der Waals surface area contributed by atoms with Crippen LogP contribution in [0.15, 0.2) is 24.3 Å². The Balaban J connectivity index is 2.09. The smallest absolute Gasteiger partial charge is 0.307 e. The number of carboxylic acid groups (broad SMARTS) is 1. The Bertz CT molecular complexity index is 365. The molecule has 0 heterocycles. The molecule has 1 aromatic rings. The van der Waals surface area contributed by atoms with Crippen molar-refractivity contribution in [1.82, 2.24) is 0 Å². The van der Waals surface area contributed by atoms with Crippen LogP contribution in [0.25, 0.3) is 0 Å². The molecule has 0 aliphatic heterocycles. The predicted molar refractivity (Wildman–Crippen MR) is 63.4 cm³/mol. The molecule has 0 aromatic heterocycles. The third-order valence-electron chi connectivity index (χ3n) is 3.44. The Kier molecular flexibility index (Phi) is 3.60. The first-order valence-electron chi connectivity index (χ1n) is 6.04. The summed E-state index contributed by atoms with van der Waals surface area (Å²) in [6, 6.07) is 7.96. The number of carboxylic acids is 1. The van der Waals surface area contributed by atoms with Crippen LogP contribution in [0.1, 0.15) is 36.8 Å². The van der Waals surface area contributed by atoms with Crippen LogP contribution >= 0.6 is 0 Å². The highest BCUT2D eigenvalue weighted by Gasteiger charge is 2.17. The van der Waals surface area contributed by atoms with Gasteiger partial charge in [0.1, 0.15) is 0 Å². The molecule has 0 amide bonds. The number of rotatable bonds is 4. The summed E-state index contributed by atoms with van der Waals surface area (Å²) in [6.45, 7) is 0. The van der Waals surface area contributed by atoms with Crippen molar-refractivity contribution in [2.24, 2.45) is 5.92 Å². The van der Waals surface area contributed by atoms with E-state index in [4.69, 9.17) is 5.11 Å². The van der Waals surface area contributed by atoms with Crippen molar-refractivity contribution < 1.29 is 9.90 Å². The van der Waals surface area contributed by atoms with E-state index in [1.165, 1.54) is 31.2 Å². The molecule has 2 nitrogen and oxygen atoms in total. The van der Waals surface area contributed by atoms with Crippen LogP contribution in [0.2, 0.25) is 0 Å². The number of aliphatic carboxylic acids is 1. The summed E-state index contributed by atoms with van der Waals surface area (Å²) in [5, 5.41) is 8.85. The second kappa shape index (κ2) is 5.15. The molecule has 1 fully saturated rings. The minimum absolute atomic E-state index is 0.156. The van der Waals surface area contributed by atoms with Gasteiger partial charge in [-0.2, -0.15) is 0 Å². The fraction of sp³-hybridized carbons (Fsp3) is 0.500. The van der Waals surface area contributed by atoms with E-state index in [2.05, 4.69) is 6.07 Å². The number of hydrogen-bond acceptors (Lipinski definition) is 1. The fourth-order valence-electron chi connectivity index (χ4n) is 2.62. The van der Waals surface area contributed by atoms with E-state index >= 15 is 0 Å². The van der Waals surface area contributed by atoms with Crippen LogP contribution in [-0.4, -0.2) is 11.1 Å². The molecule has 0 atom stereocenters. The summed E-state index contributed by atoms with van der Waals surface area (Å²) in [5.74, 6) is 0.0359. The second-order valence-corrected chi connectivity index (χ2v) is 4.69. The molecule has 1 aliphatic rings. The molecule has 0 spiro atoms. The van der Waals surface area contributed by atoms with Crippen molar-refractivity contribution in [3.63, 3.8) is 0 Å². The van der Waals surface area contributed by atoms with Gasteiger partial charge in [-0.1, -0.05) is 49.9 Å². The first-order valence-corrected chi connectivity index (χ1v) is 6.04. The van der Waals surface area contributed by atoms with Crippen LogP contribution in [0, 0.1) is 5.92 Å². The lowest BCUT2D eigenvalue weighted by atomic mass is 9.93. The molecular weight excluding hydrogens is 200 g/mol.